The van der Waals surface area contributed by atoms with E-state index in [0.717, 1.165) is 11.4 Å². The molecule has 4 heterocycles. The molecule has 1 N–H and O–H groups in total. The molecule has 0 aliphatic rings. The summed E-state index contributed by atoms with van der Waals surface area (Å²) in [6, 6.07) is 6.71. The van der Waals surface area contributed by atoms with Gasteiger partial charge in [-0.3, -0.25) is 9.20 Å². The molecule has 0 aliphatic carbocycles. The van der Waals surface area contributed by atoms with Crippen molar-refractivity contribution >= 4 is 23.3 Å². The molecule has 11 nitrogen and oxygen atoms in total. The van der Waals surface area contributed by atoms with Gasteiger partial charge in [0.2, 0.25) is 0 Å². The number of aromatic nitrogens is 7. The lowest BCUT2D eigenvalue weighted by Gasteiger charge is -2.09. The molecule has 0 spiro atoms. The Labute approximate surface area is 170 Å². The summed E-state index contributed by atoms with van der Waals surface area (Å²) in [5.41, 5.74) is 3.11. The number of hydrogen-bond donors (Lipinski definition) is 1. The number of aryl methyl sites for hydroxylation is 3. The van der Waals surface area contributed by atoms with Crippen LogP contribution in [0.4, 0.5) is 5.82 Å². The molecule has 0 saturated heterocycles. The Balaban J connectivity index is 1.44. The molecule has 4 rings (SSSR count). The van der Waals surface area contributed by atoms with Crippen molar-refractivity contribution in [2.24, 2.45) is 0 Å². The highest BCUT2D eigenvalue weighted by atomic mass is 16.5. The Kier molecular flexibility index (Phi) is 4.92. The molecular weight excluding hydrogens is 388 g/mol. The van der Waals surface area contributed by atoms with Crippen molar-refractivity contribution in [2.75, 3.05) is 11.9 Å². The third-order valence-electron chi connectivity index (χ3n) is 4.12. The second-order valence-electron chi connectivity index (χ2n) is 6.67. The van der Waals surface area contributed by atoms with E-state index in [1.807, 2.05) is 19.9 Å². The fourth-order valence-corrected chi connectivity index (χ4v) is 2.88. The predicted octanol–water partition coefficient (Wildman–Crippen LogP) is 1.43. The number of rotatable bonds is 5. The van der Waals surface area contributed by atoms with Gasteiger partial charge in [-0.05, 0) is 39.0 Å². The number of carbonyl (C=O) groups excluding carboxylic acids is 2. The molecule has 0 bridgehead atoms. The summed E-state index contributed by atoms with van der Waals surface area (Å²) in [6.07, 6.45) is 3.00. The van der Waals surface area contributed by atoms with Crippen molar-refractivity contribution in [2.45, 2.75) is 20.8 Å². The average Bonchev–Trinajstić information content (AvgIpc) is 3.30. The zero-order chi connectivity index (χ0) is 21.3. The molecule has 11 heteroatoms. The van der Waals surface area contributed by atoms with Crippen molar-refractivity contribution < 1.29 is 14.3 Å². The first-order chi connectivity index (χ1) is 14.4. The van der Waals surface area contributed by atoms with Gasteiger partial charge in [0.25, 0.3) is 11.9 Å². The van der Waals surface area contributed by atoms with Gasteiger partial charge in [0.1, 0.15) is 12.1 Å². The van der Waals surface area contributed by atoms with Crippen molar-refractivity contribution in [3.63, 3.8) is 0 Å². The summed E-state index contributed by atoms with van der Waals surface area (Å²) < 4.78 is 8.14. The van der Waals surface area contributed by atoms with Crippen molar-refractivity contribution in [1.82, 2.24) is 34.3 Å². The lowest BCUT2D eigenvalue weighted by atomic mass is 10.3. The van der Waals surface area contributed by atoms with E-state index in [2.05, 4.69) is 30.6 Å². The fraction of sp³-hybridized carbons (Fsp3) is 0.211. The first-order valence-corrected chi connectivity index (χ1v) is 9.05. The molecule has 4 aromatic heterocycles. The van der Waals surface area contributed by atoms with Gasteiger partial charge in [-0.2, -0.15) is 9.78 Å². The molecule has 0 aliphatic heterocycles. The fourth-order valence-electron chi connectivity index (χ4n) is 2.88. The molecule has 0 saturated carbocycles. The Hall–Kier alpha value is -4.15. The number of ether oxygens (including phenoxy) is 1. The van der Waals surface area contributed by atoms with Gasteiger partial charge < -0.3 is 10.1 Å². The van der Waals surface area contributed by atoms with Crippen LogP contribution in [-0.4, -0.2) is 52.8 Å². The topological polar surface area (TPSA) is 129 Å². The summed E-state index contributed by atoms with van der Waals surface area (Å²) in [5, 5.41) is 14.6. The number of nitrogens with zero attached hydrogens (tertiary/aromatic N) is 7. The maximum Gasteiger partial charge on any atom is 0.340 e. The smallest absolute Gasteiger partial charge is 0.340 e. The Morgan fingerprint density at radius 2 is 1.83 bits per heavy atom. The van der Waals surface area contributed by atoms with Gasteiger partial charge >= 0.3 is 5.97 Å². The van der Waals surface area contributed by atoms with Gasteiger partial charge in [-0.1, -0.05) is 0 Å². The zero-order valence-corrected chi connectivity index (χ0v) is 16.5. The van der Waals surface area contributed by atoms with Crippen LogP contribution in [0.1, 0.15) is 27.4 Å². The Morgan fingerprint density at radius 3 is 2.60 bits per heavy atom. The third-order valence-corrected chi connectivity index (χ3v) is 4.12. The number of fused-ring (bicyclic) bond motifs is 1. The molecule has 4 aromatic rings. The molecular formula is C19H18N8O3. The SMILES string of the molecule is Cc1cc(C)nc(-n2nc(C)cc2NC(=O)COC(=O)c2ccc3nncn3c2)n1. The highest BCUT2D eigenvalue weighted by Crippen LogP contribution is 2.15. The zero-order valence-electron chi connectivity index (χ0n) is 16.5. The molecule has 152 valence electrons. The number of amides is 1. The van der Waals surface area contributed by atoms with Crippen LogP contribution in [0.2, 0.25) is 0 Å². The van der Waals surface area contributed by atoms with E-state index in [9.17, 15) is 9.59 Å². The number of esters is 1. The maximum atomic E-state index is 12.4. The highest BCUT2D eigenvalue weighted by Gasteiger charge is 2.16. The molecule has 1 amide bonds. The average molecular weight is 406 g/mol. The van der Waals surface area contributed by atoms with Crippen LogP contribution >= 0.6 is 0 Å². The van der Waals surface area contributed by atoms with E-state index in [1.165, 1.54) is 17.2 Å². The van der Waals surface area contributed by atoms with Crippen LogP contribution in [0.5, 0.6) is 0 Å². The van der Waals surface area contributed by atoms with E-state index in [0.29, 0.717) is 23.1 Å². The quantitative estimate of drug-likeness (QED) is 0.493. The minimum Gasteiger partial charge on any atom is -0.452 e. The van der Waals surface area contributed by atoms with E-state index >= 15 is 0 Å². The number of anilines is 1. The van der Waals surface area contributed by atoms with Gasteiger partial charge in [-0.15, -0.1) is 10.2 Å². The molecule has 0 aromatic carbocycles. The summed E-state index contributed by atoms with van der Waals surface area (Å²) >= 11 is 0. The molecule has 0 unspecified atom stereocenters. The number of pyridine rings is 1. The number of nitrogens with one attached hydrogen (secondary N) is 1. The van der Waals surface area contributed by atoms with E-state index < -0.39 is 18.5 Å². The van der Waals surface area contributed by atoms with Gasteiger partial charge in [0, 0.05) is 23.7 Å². The highest BCUT2D eigenvalue weighted by molar-refractivity contribution is 5.95. The van der Waals surface area contributed by atoms with Gasteiger partial charge in [0.15, 0.2) is 12.3 Å². The summed E-state index contributed by atoms with van der Waals surface area (Å²) in [7, 11) is 0. The van der Waals surface area contributed by atoms with Crippen LogP contribution < -0.4 is 5.32 Å². The molecule has 0 fully saturated rings. The monoisotopic (exact) mass is 406 g/mol. The van der Waals surface area contributed by atoms with Gasteiger partial charge in [-0.25, -0.2) is 14.8 Å². The van der Waals surface area contributed by atoms with Crippen LogP contribution in [-0.2, 0) is 9.53 Å². The first-order valence-electron chi connectivity index (χ1n) is 9.05. The second-order valence-corrected chi connectivity index (χ2v) is 6.67. The second kappa shape index (κ2) is 7.70. The lowest BCUT2D eigenvalue weighted by molar-refractivity contribution is -0.119. The summed E-state index contributed by atoms with van der Waals surface area (Å²) in [4.78, 5) is 33.3. The molecule has 30 heavy (non-hydrogen) atoms. The van der Waals surface area contributed by atoms with Crippen LogP contribution in [0, 0.1) is 20.8 Å². The minimum atomic E-state index is -0.636. The lowest BCUT2D eigenvalue weighted by Crippen LogP contribution is -2.23. The maximum absolute atomic E-state index is 12.4. The van der Waals surface area contributed by atoms with Crippen LogP contribution in [0.15, 0.2) is 36.8 Å². The Morgan fingerprint density at radius 1 is 1.07 bits per heavy atom. The normalized spacial score (nSPS) is 10.9. The van der Waals surface area contributed by atoms with E-state index in [4.69, 9.17) is 4.74 Å². The summed E-state index contributed by atoms with van der Waals surface area (Å²) in [5.74, 6) is -0.429. The van der Waals surface area contributed by atoms with Crippen LogP contribution in [0.25, 0.3) is 11.6 Å². The molecule has 0 atom stereocenters. The number of carbonyl (C=O) groups is 2. The van der Waals surface area contributed by atoms with Crippen molar-refractivity contribution in [3.8, 4) is 5.95 Å². The number of hydrogen-bond acceptors (Lipinski definition) is 8. The summed E-state index contributed by atoms with van der Waals surface area (Å²) in [6.45, 7) is 5.03. The largest absolute Gasteiger partial charge is 0.452 e. The minimum absolute atomic E-state index is 0.277. The van der Waals surface area contributed by atoms with E-state index in [-0.39, 0.29) is 5.56 Å². The third kappa shape index (κ3) is 3.99. The first kappa shape index (κ1) is 19.2. The van der Waals surface area contributed by atoms with Crippen LogP contribution in [0.3, 0.4) is 0 Å². The predicted molar refractivity (Wildman–Crippen MR) is 105 cm³/mol. The molecule has 0 radical (unpaired) electrons. The Bertz CT molecular complexity index is 1240. The van der Waals surface area contributed by atoms with Crippen molar-refractivity contribution in [3.05, 3.63) is 59.4 Å². The van der Waals surface area contributed by atoms with Gasteiger partial charge in [0.05, 0.1) is 11.3 Å². The van der Waals surface area contributed by atoms with E-state index in [1.54, 1.807) is 29.5 Å². The standard InChI is InChI=1S/C19H18N8O3/c1-11-6-12(2)22-19(21-11)27-16(7-13(3)25-27)23-17(28)9-30-18(29)14-4-5-15-24-20-10-26(15)8-14/h4-8,10H,9H2,1-3H3,(H,23,28). The van der Waals surface area contributed by atoms with Crippen molar-refractivity contribution in [1.29, 1.82) is 0 Å².